The molecule has 0 aliphatic carbocycles. The molecule has 94 valence electrons. The van der Waals surface area contributed by atoms with Gasteiger partial charge >= 0.3 is 5.97 Å². The number of thiophene rings is 1. The molecule has 0 amide bonds. The number of nitrogen functional groups attached to an aromatic ring is 1. The normalized spacial score (nSPS) is 10.7. The summed E-state index contributed by atoms with van der Waals surface area (Å²) >= 11 is 1.63. The Hall–Kier alpha value is -2.33. The van der Waals surface area contributed by atoms with Gasteiger partial charge in [0, 0.05) is 15.3 Å². The Bertz CT molecular complexity index is 744. The minimum absolute atomic E-state index is 0.215. The van der Waals surface area contributed by atoms with Crippen molar-refractivity contribution in [3.8, 4) is 10.4 Å². The van der Waals surface area contributed by atoms with Gasteiger partial charge in [-0.3, -0.25) is 0 Å². The Balaban J connectivity index is 2.17. The largest absolute Gasteiger partial charge is 0.478 e. The Morgan fingerprint density at radius 3 is 2.63 bits per heavy atom. The predicted octanol–water partition coefficient (Wildman–Crippen LogP) is 3.85. The maximum Gasteiger partial charge on any atom is 0.335 e. The van der Waals surface area contributed by atoms with Gasteiger partial charge in [-0.1, -0.05) is 18.2 Å². The lowest BCUT2D eigenvalue weighted by atomic mass is 10.1. The summed E-state index contributed by atoms with van der Waals surface area (Å²) in [6.07, 6.45) is 0. The van der Waals surface area contributed by atoms with E-state index >= 15 is 0 Å². The number of anilines is 1. The first-order valence-electron chi connectivity index (χ1n) is 5.76. The molecule has 0 aliphatic rings. The zero-order chi connectivity index (χ0) is 13.4. The van der Waals surface area contributed by atoms with E-state index in [0.29, 0.717) is 5.69 Å². The first-order valence-corrected chi connectivity index (χ1v) is 6.58. The number of fused-ring (bicyclic) bond motifs is 1. The third kappa shape index (κ3) is 2.18. The van der Waals surface area contributed by atoms with Crippen LogP contribution in [0.5, 0.6) is 0 Å². The second kappa shape index (κ2) is 4.40. The molecule has 2 aromatic carbocycles. The van der Waals surface area contributed by atoms with E-state index < -0.39 is 5.97 Å². The van der Waals surface area contributed by atoms with Gasteiger partial charge in [0.25, 0.3) is 0 Å². The lowest BCUT2D eigenvalue weighted by molar-refractivity contribution is 0.0697. The molecule has 3 aromatic rings. The molecule has 0 saturated carbocycles. The molecule has 0 bridgehead atoms. The van der Waals surface area contributed by atoms with Gasteiger partial charge in [-0.25, -0.2) is 4.79 Å². The van der Waals surface area contributed by atoms with Crippen LogP contribution in [0, 0.1) is 0 Å². The number of carboxylic acid groups (broad SMARTS) is 1. The standard InChI is InChI=1S/C15H11NO2S/c16-12-6-10(5-11(7-12)15(17)18)14-8-9-3-1-2-4-13(9)19-14/h1-8H,16H2,(H,17,18). The third-order valence-electron chi connectivity index (χ3n) is 2.91. The lowest BCUT2D eigenvalue weighted by Gasteiger charge is -2.02. The van der Waals surface area contributed by atoms with Crippen molar-refractivity contribution in [1.29, 1.82) is 0 Å². The molecule has 0 saturated heterocycles. The summed E-state index contributed by atoms with van der Waals surface area (Å²) in [5.41, 5.74) is 7.30. The number of hydrogen-bond donors (Lipinski definition) is 2. The number of hydrogen-bond acceptors (Lipinski definition) is 3. The fraction of sp³-hybridized carbons (Fsp3) is 0. The summed E-state index contributed by atoms with van der Waals surface area (Å²) in [5, 5.41) is 10.2. The zero-order valence-corrected chi connectivity index (χ0v) is 10.8. The van der Waals surface area contributed by atoms with E-state index in [9.17, 15) is 4.79 Å². The van der Waals surface area contributed by atoms with E-state index in [1.165, 1.54) is 10.8 Å². The second-order valence-electron chi connectivity index (χ2n) is 4.30. The summed E-state index contributed by atoms with van der Waals surface area (Å²) in [6, 6.07) is 15.1. The summed E-state index contributed by atoms with van der Waals surface area (Å²) in [7, 11) is 0. The highest BCUT2D eigenvalue weighted by molar-refractivity contribution is 7.22. The average Bonchev–Trinajstić information content (AvgIpc) is 2.81. The zero-order valence-electron chi connectivity index (χ0n) is 9.96. The summed E-state index contributed by atoms with van der Waals surface area (Å²) in [4.78, 5) is 12.1. The topological polar surface area (TPSA) is 63.3 Å². The molecule has 0 radical (unpaired) electrons. The first kappa shape index (κ1) is 11.7. The fourth-order valence-electron chi connectivity index (χ4n) is 2.04. The van der Waals surface area contributed by atoms with Crippen LogP contribution in [-0.4, -0.2) is 11.1 Å². The van der Waals surface area contributed by atoms with Crippen LogP contribution in [0.1, 0.15) is 10.4 Å². The van der Waals surface area contributed by atoms with Gasteiger partial charge in [-0.15, -0.1) is 11.3 Å². The van der Waals surface area contributed by atoms with Crippen LogP contribution >= 0.6 is 11.3 Å². The molecule has 19 heavy (non-hydrogen) atoms. The highest BCUT2D eigenvalue weighted by Crippen LogP contribution is 2.34. The average molecular weight is 269 g/mol. The molecule has 1 aromatic heterocycles. The SMILES string of the molecule is Nc1cc(C(=O)O)cc(-c2cc3ccccc3s2)c1. The molecule has 3 rings (SSSR count). The summed E-state index contributed by atoms with van der Waals surface area (Å²) in [6.45, 7) is 0. The van der Waals surface area contributed by atoms with Crippen LogP contribution in [0.25, 0.3) is 20.5 Å². The van der Waals surface area contributed by atoms with Crippen molar-refractivity contribution in [3.63, 3.8) is 0 Å². The second-order valence-corrected chi connectivity index (χ2v) is 5.38. The number of aromatic carboxylic acids is 1. The summed E-state index contributed by atoms with van der Waals surface area (Å²) < 4.78 is 1.18. The molecule has 0 spiro atoms. The molecule has 0 aliphatic heterocycles. The van der Waals surface area contributed by atoms with Crippen molar-refractivity contribution < 1.29 is 9.90 Å². The van der Waals surface area contributed by atoms with Gasteiger partial charge in [-0.05, 0) is 41.3 Å². The number of nitrogens with two attached hydrogens (primary N) is 1. The highest BCUT2D eigenvalue weighted by atomic mass is 32.1. The van der Waals surface area contributed by atoms with Gasteiger partial charge in [-0.2, -0.15) is 0 Å². The third-order valence-corrected chi connectivity index (χ3v) is 4.08. The lowest BCUT2D eigenvalue weighted by Crippen LogP contribution is -1.98. The molecular weight excluding hydrogens is 258 g/mol. The molecular formula is C15H11NO2S. The van der Waals surface area contributed by atoms with E-state index in [-0.39, 0.29) is 5.56 Å². The highest BCUT2D eigenvalue weighted by Gasteiger charge is 2.09. The molecule has 0 atom stereocenters. The van der Waals surface area contributed by atoms with Crippen LogP contribution in [-0.2, 0) is 0 Å². The van der Waals surface area contributed by atoms with Gasteiger partial charge in [0.15, 0.2) is 0 Å². The van der Waals surface area contributed by atoms with Crippen LogP contribution in [0.2, 0.25) is 0 Å². The van der Waals surface area contributed by atoms with Crippen molar-refractivity contribution in [3.05, 3.63) is 54.1 Å². The van der Waals surface area contributed by atoms with E-state index in [1.54, 1.807) is 23.5 Å². The monoisotopic (exact) mass is 269 g/mol. The van der Waals surface area contributed by atoms with Crippen molar-refractivity contribution in [2.75, 3.05) is 5.73 Å². The Morgan fingerprint density at radius 2 is 1.89 bits per heavy atom. The molecule has 0 unspecified atom stereocenters. The maximum absolute atomic E-state index is 11.1. The fourth-order valence-corrected chi connectivity index (χ4v) is 3.09. The van der Waals surface area contributed by atoms with Crippen LogP contribution in [0.15, 0.2) is 48.5 Å². The van der Waals surface area contributed by atoms with Crippen LogP contribution < -0.4 is 5.73 Å². The van der Waals surface area contributed by atoms with E-state index in [2.05, 4.69) is 6.07 Å². The van der Waals surface area contributed by atoms with Gasteiger partial charge < -0.3 is 10.8 Å². The van der Waals surface area contributed by atoms with Gasteiger partial charge in [0.1, 0.15) is 0 Å². The minimum Gasteiger partial charge on any atom is -0.478 e. The maximum atomic E-state index is 11.1. The molecule has 0 fully saturated rings. The molecule has 3 nitrogen and oxygen atoms in total. The van der Waals surface area contributed by atoms with E-state index in [4.69, 9.17) is 10.8 Å². The Morgan fingerprint density at radius 1 is 1.11 bits per heavy atom. The van der Waals surface area contributed by atoms with Gasteiger partial charge in [0.05, 0.1) is 5.56 Å². The number of carboxylic acids is 1. The Kier molecular flexibility index (Phi) is 2.72. The van der Waals surface area contributed by atoms with E-state index in [0.717, 1.165) is 15.8 Å². The van der Waals surface area contributed by atoms with Gasteiger partial charge in [0.2, 0.25) is 0 Å². The van der Waals surface area contributed by atoms with Crippen LogP contribution in [0.4, 0.5) is 5.69 Å². The predicted molar refractivity (Wildman–Crippen MR) is 78.6 cm³/mol. The smallest absolute Gasteiger partial charge is 0.335 e. The molecule has 1 heterocycles. The number of carbonyl (C=O) groups is 1. The molecule has 4 heteroatoms. The molecule has 3 N–H and O–H groups in total. The first-order chi connectivity index (χ1) is 9.13. The van der Waals surface area contributed by atoms with E-state index in [1.807, 2.05) is 24.3 Å². The van der Waals surface area contributed by atoms with Crippen molar-refractivity contribution in [2.24, 2.45) is 0 Å². The minimum atomic E-state index is -0.963. The Labute approximate surface area is 113 Å². The van der Waals surface area contributed by atoms with Crippen molar-refractivity contribution in [2.45, 2.75) is 0 Å². The summed E-state index contributed by atoms with van der Waals surface area (Å²) in [5.74, 6) is -0.963. The van der Waals surface area contributed by atoms with Crippen LogP contribution in [0.3, 0.4) is 0 Å². The van der Waals surface area contributed by atoms with Crippen molar-refractivity contribution in [1.82, 2.24) is 0 Å². The van der Waals surface area contributed by atoms with Crippen molar-refractivity contribution >= 4 is 33.1 Å². The number of benzene rings is 2. The number of rotatable bonds is 2. The quantitative estimate of drug-likeness (QED) is 0.694.